The van der Waals surface area contributed by atoms with Crippen LogP contribution in [-0.2, 0) is 4.74 Å². The van der Waals surface area contributed by atoms with E-state index in [1.165, 1.54) is 10.5 Å². The van der Waals surface area contributed by atoms with Gasteiger partial charge in [0.05, 0.1) is 24.5 Å². The van der Waals surface area contributed by atoms with Crippen LogP contribution in [0.2, 0.25) is 0 Å². The summed E-state index contributed by atoms with van der Waals surface area (Å²) in [6.07, 6.45) is 0. The number of morpholine rings is 1. The zero-order valence-electron chi connectivity index (χ0n) is 14.7. The van der Waals surface area contributed by atoms with E-state index in [1.807, 2.05) is 43.3 Å². The lowest BCUT2D eigenvalue weighted by atomic mass is 10.0. The Hall–Kier alpha value is -2.02. The Morgan fingerprint density at radius 3 is 2.46 bits per heavy atom. The highest BCUT2D eigenvalue weighted by atomic mass is 79.9. The third-order valence-corrected chi connectivity index (χ3v) is 5.24. The number of amides is 1. The van der Waals surface area contributed by atoms with Crippen molar-refractivity contribution in [3.63, 3.8) is 0 Å². The van der Waals surface area contributed by atoms with Gasteiger partial charge in [0, 0.05) is 10.0 Å². The standard InChI is InChI=1S/C20H22BrN3O2/c1-15(22-23-20(25)17-9-5-6-10-18(17)21)19(16-7-3-2-4-8-16)24-11-13-26-14-12-24/h2-10,19H,11-14H2,1H3,(H,23,25)/p+1/b22-15-/t19-/m1/s1. The number of rotatable bonds is 5. The average molecular weight is 417 g/mol. The van der Waals surface area contributed by atoms with Crippen molar-refractivity contribution in [1.82, 2.24) is 5.43 Å². The predicted octanol–water partition coefficient (Wildman–Crippen LogP) is 2.21. The highest BCUT2D eigenvalue weighted by Crippen LogP contribution is 2.16. The van der Waals surface area contributed by atoms with Gasteiger partial charge >= 0.3 is 0 Å². The van der Waals surface area contributed by atoms with Crippen LogP contribution in [0.15, 0.2) is 64.2 Å². The Labute approximate surface area is 162 Å². The van der Waals surface area contributed by atoms with Crippen molar-refractivity contribution in [2.24, 2.45) is 5.10 Å². The summed E-state index contributed by atoms with van der Waals surface area (Å²) >= 11 is 3.40. The van der Waals surface area contributed by atoms with Crippen LogP contribution >= 0.6 is 15.9 Å². The number of nitrogens with zero attached hydrogens (tertiary/aromatic N) is 1. The molecule has 2 aromatic carbocycles. The van der Waals surface area contributed by atoms with Crippen LogP contribution in [0.5, 0.6) is 0 Å². The summed E-state index contributed by atoms with van der Waals surface area (Å²) in [5, 5.41) is 4.43. The molecule has 0 spiro atoms. The largest absolute Gasteiger partial charge is 0.370 e. The van der Waals surface area contributed by atoms with Gasteiger partial charge in [0.15, 0.2) is 6.04 Å². The molecule has 26 heavy (non-hydrogen) atoms. The lowest BCUT2D eigenvalue weighted by Crippen LogP contribution is -3.15. The Morgan fingerprint density at radius 1 is 1.12 bits per heavy atom. The van der Waals surface area contributed by atoms with Gasteiger partial charge in [-0.2, -0.15) is 5.10 Å². The van der Waals surface area contributed by atoms with E-state index in [0.29, 0.717) is 5.56 Å². The Morgan fingerprint density at radius 2 is 1.77 bits per heavy atom. The van der Waals surface area contributed by atoms with Gasteiger partial charge in [-0.1, -0.05) is 42.5 Å². The van der Waals surface area contributed by atoms with Crippen LogP contribution in [0.1, 0.15) is 28.9 Å². The molecule has 1 heterocycles. The van der Waals surface area contributed by atoms with E-state index in [2.05, 4.69) is 38.6 Å². The molecule has 0 saturated carbocycles. The highest BCUT2D eigenvalue weighted by Gasteiger charge is 2.29. The molecule has 5 nitrogen and oxygen atoms in total. The van der Waals surface area contributed by atoms with Gasteiger partial charge in [-0.15, -0.1) is 0 Å². The van der Waals surface area contributed by atoms with Crippen molar-refractivity contribution in [2.45, 2.75) is 13.0 Å². The van der Waals surface area contributed by atoms with Crippen molar-refractivity contribution in [3.05, 3.63) is 70.2 Å². The third-order valence-electron chi connectivity index (χ3n) is 4.55. The molecule has 2 N–H and O–H groups in total. The number of hydrogen-bond acceptors (Lipinski definition) is 3. The smallest absolute Gasteiger partial charge is 0.272 e. The van der Waals surface area contributed by atoms with Crippen LogP contribution in [0.3, 0.4) is 0 Å². The number of carbonyl (C=O) groups excluding carboxylic acids is 1. The number of benzene rings is 2. The van der Waals surface area contributed by atoms with Gasteiger partial charge in [0.1, 0.15) is 13.1 Å². The molecule has 0 aromatic heterocycles. The van der Waals surface area contributed by atoms with Crippen molar-refractivity contribution < 1.29 is 14.4 Å². The zero-order chi connectivity index (χ0) is 18.4. The first-order chi connectivity index (χ1) is 12.7. The molecule has 1 amide bonds. The molecule has 3 rings (SSSR count). The molecule has 1 fully saturated rings. The van der Waals surface area contributed by atoms with E-state index >= 15 is 0 Å². The first-order valence-electron chi connectivity index (χ1n) is 8.73. The van der Waals surface area contributed by atoms with E-state index in [9.17, 15) is 4.79 Å². The van der Waals surface area contributed by atoms with Gasteiger partial charge in [-0.3, -0.25) is 4.79 Å². The van der Waals surface area contributed by atoms with Gasteiger partial charge in [-0.25, -0.2) is 5.43 Å². The number of hydrazone groups is 1. The second-order valence-electron chi connectivity index (χ2n) is 6.29. The van der Waals surface area contributed by atoms with Crippen molar-refractivity contribution >= 4 is 27.5 Å². The first kappa shape index (κ1) is 18.8. The number of ether oxygens (including phenoxy) is 1. The van der Waals surface area contributed by atoms with Gasteiger partial charge in [0.2, 0.25) is 0 Å². The maximum Gasteiger partial charge on any atom is 0.272 e. The summed E-state index contributed by atoms with van der Waals surface area (Å²) in [6.45, 7) is 5.31. The molecule has 0 bridgehead atoms. The first-order valence-corrected chi connectivity index (χ1v) is 9.52. The monoisotopic (exact) mass is 416 g/mol. The van der Waals surface area contributed by atoms with E-state index in [-0.39, 0.29) is 11.9 Å². The fourth-order valence-corrected chi connectivity index (χ4v) is 3.71. The summed E-state index contributed by atoms with van der Waals surface area (Å²) in [6, 6.07) is 17.7. The van der Waals surface area contributed by atoms with E-state index in [0.717, 1.165) is 36.5 Å². The minimum atomic E-state index is -0.222. The molecular formula is C20H23BrN3O2+. The molecule has 1 aliphatic rings. The summed E-state index contributed by atoms with van der Waals surface area (Å²) < 4.78 is 6.25. The second-order valence-corrected chi connectivity index (χ2v) is 7.14. The quantitative estimate of drug-likeness (QED) is 0.579. The number of hydrogen-bond donors (Lipinski definition) is 2. The molecule has 1 saturated heterocycles. The van der Waals surface area contributed by atoms with Crippen molar-refractivity contribution in [3.8, 4) is 0 Å². The molecule has 2 aromatic rings. The van der Waals surface area contributed by atoms with Crippen LogP contribution in [0.4, 0.5) is 0 Å². The van der Waals surface area contributed by atoms with Crippen LogP contribution in [0, 0.1) is 0 Å². The molecule has 0 radical (unpaired) electrons. The SMILES string of the molecule is C/C(=N/NC(=O)c1ccccc1Br)[C@H](c1ccccc1)[NH+]1CCOCC1. The average Bonchev–Trinajstić information content (AvgIpc) is 2.68. The zero-order valence-corrected chi connectivity index (χ0v) is 16.3. The van der Waals surface area contributed by atoms with Crippen molar-refractivity contribution in [2.75, 3.05) is 26.3 Å². The second kappa shape index (κ2) is 9.07. The summed E-state index contributed by atoms with van der Waals surface area (Å²) in [5.74, 6) is -0.222. The van der Waals surface area contributed by atoms with E-state index < -0.39 is 0 Å². The number of nitrogens with one attached hydrogen (secondary N) is 2. The number of halogens is 1. The van der Waals surface area contributed by atoms with E-state index in [1.54, 1.807) is 6.07 Å². The third kappa shape index (κ3) is 4.58. The Bertz CT molecular complexity index is 774. The number of quaternary nitrogens is 1. The van der Waals surface area contributed by atoms with Crippen molar-refractivity contribution in [1.29, 1.82) is 0 Å². The maximum atomic E-state index is 12.4. The molecule has 136 valence electrons. The molecule has 1 atom stereocenters. The summed E-state index contributed by atoms with van der Waals surface area (Å²) in [7, 11) is 0. The van der Waals surface area contributed by atoms with E-state index in [4.69, 9.17) is 4.74 Å². The van der Waals surface area contributed by atoms with Gasteiger partial charge in [-0.05, 0) is 35.0 Å². The van der Waals surface area contributed by atoms with Crippen LogP contribution in [-0.4, -0.2) is 37.9 Å². The van der Waals surface area contributed by atoms with Gasteiger partial charge in [0.25, 0.3) is 5.91 Å². The Balaban J connectivity index is 1.80. The summed E-state index contributed by atoms with van der Waals surface area (Å²) in [5.41, 5.74) is 5.35. The van der Waals surface area contributed by atoms with Crippen LogP contribution in [0.25, 0.3) is 0 Å². The minimum absolute atomic E-state index is 0.0969. The van der Waals surface area contributed by atoms with Crippen LogP contribution < -0.4 is 10.3 Å². The fraction of sp³-hybridized carbons (Fsp3) is 0.300. The Kier molecular flexibility index (Phi) is 6.55. The molecule has 6 heteroatoms. The molecule has 1 aliphatic heterocycles. The topological polar surface area (TPSA) is 55.1 Å². The predicted molar refractivity (Wildman–Crippen MR) is 105 cm³/mol. The number of carbonyl (C=O) groups is 1. The maximum absolute atomic E-state index is 12.4. The minimum Gasteiger partial charge on any atom is -0.370 e. The molecule has 0 aliphatic carbocycles. The normalized spacial score (nSPS) is 16.9. The molecular weight excluding hydrogens is 394 g/mol. The molecule has 0 unspecified atom stereocenters. The lowest BCUT2D eigenvalue weighted by Gasteiger charge is -2.31. The fourth-order valence-electron chi connectivity index (χ4n) is 3.25. The highest BCUT2D eigenvalue weighted by molar-refractivity contribution is 9.10. The lowest BCUT2D eigenvalue weighted by molar-refractivity contribution is -0.928. The van der Waals surface area contributed by atoms with Gasteiger partial charge < -0.3 is 9.64 Å². The summed E-state index contributed by atoms with van der Waals surface area (Å²) in [4.78, 5) is 13.8.